The van der Waals surface area contributed by atoms with E-state index in [0.29, 0.717) is 0 Å². The lowest BCUT2D eigenvalue weighted by molar-refractivity contribution is -0.132. The molecule has 0 aromatic heterocycles. The van der Waals surface area contributed by atoms with Crippen LogP contribution in [0.2, 0.25) is 0 Å². The molecule has 0 radical (unpaired) electrons. The molecule has 1 aromatic rings. The summed E-state index contributed by atoms with van der Waals surface area (Å²) >= 11 is 1.80. The van der Waals surface area contributed by atoms with Crippen LogP contribution in [-0.2, 0) is 4.79 Å². The SMILES string of the molecule is CSCCC(C)N1C(=O)C2(CC2)NC1c1ccc(F)cc1. The molecule has 1 spiro atoms. The predicted molar refractivity (Wildman–Crippen MR) is 83.5 cm³/mol. The highest BCUT2D eigenvalue weighted by atomic mass is 32.2. The van der Waals surface area contributed by atoms with E-state index in [9.17, 15) is 9.18 Å². The molecule has 114 valence electrons. The molecule has 3 rings (SSSR count). The quantitative estimate of drug-likeness (QED) is 0.908. The van der Waals surface area contributed by atoms with E-state index in [1.807, 2.05) is 4.90 Å². The molecule has 1 N–H and O–H groups in total. The van der Waals surface area contributed by atoms with Gasteiger partial charge in [0, 0.05) is 6.04 Å². The summed E-state index contributed by atoms with van der Waals surface area (Å²) in [5.74, 6) is 1.00. The minimum Gasteiger partial charge on any atom is -0.319 e. The van der Waals surface area contributed by atoms with E-state index < -0.39 is 0 Å². The van der Waals surface area contributed by atoms with Crippen LogP contribution in [0.3, 0.4) is 0 Å². The van der Waals surface area contributed by atoms with E-state index in [-0.39, 0.29) is 29.5 Å². The summed E-state index contributed by atoms with van der Waals surface area (Å²) in [5, 5.41) is 3.48. The van der Waals surface area contributed by atoms with Crippen LogP contribution in [0.15, 0.2) is 24.3 Å². The van der Waals surface area contributed by atoms with Crippen LogP contribution < -0.4 is 5.32 Å². The number of carbonyl (C=O) groups excluding carboxylic acids is 1. The first kappa shape index (κ1) is 14.9. The first-order valence-corrected chi connectivity index (χ1v) is 8.82. The van der Waals surface area contributed by atoms with Crippen molar-refractivity contribution >= 4 is 17.7 Å². The highest BCUT2D eigenvalue weighted by molar-refractivity contribution is 7.98. The highest BCUT2D eigenvalue weighted by Gasteiger charge is 2.60. The molecule has 1 amide bonds. The zero-order chi connectivity index (χ0) is 15.0. The minimum atomic E-state index is -0.341. The Morgan fingerprint density at radius 2 is 2.10 bits per heavy atom. The van der Waals surface area contributed by atoms with E-state index in [1.54, 1.807) is 23.9 Å². The molecule has 3 nitrogen and oxygen atoms in total. The summed E-state index contributed by atoms with van der Waals surface area (Å²) in [6.07, 6.45) is 4.75. The molecule has 2 atom stereocenters. The standard InChI is InChI=1S/C16H21FN2OS/c1-11(7-10-21-2)19-14(12-3-5-13(17)6-4-12)18-16(8-9-16)15(19)20/h3-6,11,14,18H,7-10H2,1-2H3. The third kappa shape index (κ3) is 2.69. The Bertz CT molecular complexity index is 530. The van der Waals surface area contributed by atoms with E-state index in [4.69, 9.17) is 0 Å². The van der Waals surface area contributed by atoms with Gasteiger partial charge in [0.2, 0.25) is 5.91 Å². The van der Waals surface area contributed by atoms with Gasteiger partial charge >= 0.3 is 0 Å². The van der Waals surface area contributed by atoms with Crippen molar-refractivity contribution in [3.05, 3.63) is 35.6 Å². The zero-order valence-corrected chi connectivity index (χ0v) is 13.3. The van der Waals surface area contributed by atoms with Gasteiger partial charge in [-0.15, -0.1) is 0 Å². The number of amides is 1. The lowest BCUT2D eigenvalue weighted by Crippen LogP contribution is -2.39. The van der Waals surface area contributed by atoms with Crippen LogP contribution in [0.1, 0.15) is 37.9 Å². The summed E-state index contributed by atoms with van der Waals surface area (Å²) in [6, 6.07) is 6.66. The van der Waals surface area contributed by atoms with Crippen LogP contribution in [0.4, 0.5) is 4.39 Å². The largest absolute Gasteiger partial charge is 0.319 e. The van der Waals surface area contributed by atoms with Crippen molar-refractivity contribution in [1.29, 1.82) is 0 Å². The number of nitrogens with one attached hydrogen (secondary N) is 1. The Morgan fingerprint density at radius 1 is 1.43 bits per heavy atom. The van der Waals surface area contributed by atoms with Crippen molar-refractivity contribution in [3.63, 3.8) is 0 Å². The number of hydrogen-bond acceptors (Lipinski definition) is 3. The lowest BCUT2D eigenvalue weighted by atomic mass is 10.1. The molecule has 1 heterocycles. The molecule has 1 saturated carbocycles. The van der Waals surface area contributed by atoms with Crippen molar-refractivity contribution < 1.29 is 9.18 Å². The fourth-order valence-corrected chi connectivity index (χ4v) is 3.59. The molecule has 1 aliphatic heterocycles. The molecule has 1 saturated heterocycles. The highest BCUT2D eigenvalue weighted by Crippen LogP contribution is 2.47. The fourth-order valence-electron chi connectivity index (χ4n) is 3.01. The van der Waals surface area contributed by atoms with Crippen molar-refractivity contribution in [2.75, 3.05) is 12.0 Å². The number of nitrogens with zero attached hydrogens (tertiary/aromatic N) is 1. The van der Waals surface area contributed by atoms with Crippen LogP contribution in [0.5, 0.6) is 0 Å². The van der Waals surface area contributed by atoms with Crippen molar-refractivity contribution in [2.45, 2.75) is 43.9 Å². The van der Waals surface area contributed by atoms with Gasteiger partial charge in [0.1, 0.15) is 17.5 Å². The van der Waals surface area contributed by atoms with Gasteiger partial charge in [0.25, 0.3) is 0 Å². The predicted octanol–water partition coefficient (Wildman–Crippen LogP) is 2.93. The molecule has 2 fully saturated rings. The first-order chi connectivity index (χ1) is 10.1. The average Bonchev–Trinajstić information content (AvgIpc) is 3.19. The molecule has 2 aliphatic rings. The Morgan fingerprint density at radius 3 is 2.67 bits per heavy atom. The fraction of sp³-hybridized carbons (Fsp3) is 0.562. The van der Waals surface area contributed by atoms with Gasteiger partial charge in [-0.2, -0.15) is 11.8 Å². The van der Waals surface area contributed by atoms with Gasteiger partial charge in [-0.25, -0.2) is 4.39 Å². The molecule has 1 aromatic carbocycles. The summed E-state index contributed by atoms with van der Waals surface area (Å²) < 4.78 is 13.1. The topological polar surface area (TPSA) is 32.3 Å². The Hall–Kier alpha value is -1.07. The zero-order valence-electron chi connectivity index (χ0n) is 12.4. The third-order valence-corrected chi connectivity index (χ3v) is 5.13. The maximum Gasteiger partial charge on any atom is 0.244 e. The minimum absolute atomic E-state index is 0.127. The van der Waals surface area contributed by atoms with Gasteiger partial charge in [0.05, 0.1) is 0 Å². The van der Waals surface area contributed by atoms with Crippen LogP contribution in [-0.4, -0.2) is 34.4 Å². The molecule has 21 heavy (non-hydrogen) atoms. The summed E-state index contributed by atoms with van der Waals surface area (Å²) in [6.45, 7) is 2.10. The monoisotopic (exact) mass is 308 g/mol. The van der Waals surface area contributed by atoms with E-state index in [1.165, 1.54) is 12.1 Å². The second-order valence-electron chi connectivity index (χ2n) is 6.02. The van der Waals surface area contributed by atoms with Gasteiger partial charge < -0.3 is 4.90 Å². The first-order valence-electron chi connectivity index (χ1n) is 7.42. The Labute approximate surface area is 129 Å². The van der Waals surface area contributed by atoms with Crippen molar-refractivity contribution in [2.24, 2.45) is 0 Å². The molecule has 1 aliphatic carbocycles. The Balaban J connectivity index is 1.85. The molecular weight excluding hydrogens is 287 g/mol. The normalized spacial score (nSPS) is 24.6. The second kappa shape index (κ2) is 5.61. The number of carbonyl (C=O) groups is 1. The summed E-state index contributed by atoms with van der Waals surface area (Å²) in [7, 11) is 0. The number of thioether (sulfide) groups is 1. The molecule has 2 unspecified atom stereocenters. The van der Waals surface area contributed by atoms with Gasteiger partial charge in [-0.05, 0) is 55.9 Å². The summed E-state index contributed by atoms with van der Waals surface area (Å²) in [4.78, 5) is 14.7. The summed E-state index contributed by atoms with van der Waals surface area (Å²) in [5.41, 5.74) is 0.622. The number of halogens is 1. The number of rotatable bonds is 5. The lowest BCUT2D eigenvalue weighted by Gasteiger charge is -2.30. The van der Waals surface area contributed by atoms with Crippen molar-refractivity contribution in [1.82, 2.24) is 10.2 Å². The van der Waals surface area contributed by atoms with Crippen LogP contribution >= 0.6 is 11.8 Å². The van der Waals surface area contributed by atoms with E-state index in [2.05, 4.69) is 18.5 Å². The number of hydrogen-bond donors (Lipinski definition) is 1. The van der Waals surface area contributed by atoms with Crippen molar-refractivity contribution in [3.8, 4) is 0 Å². The average molecular weight is 308 g/mol. The smallest absolute Gasteiger partial charge is 0.244 e. The van der Waals surface area contributed by atoms with E-state index >= 15 is 0 Å². The van der Waals surface area contributed by atoms with Crippen LogP contribution in [0, 0.1) is 5.82 Å². The van der Waals surface area contributed by atoms with E-state index in [0.717, 1.165) is 30.6 Å². The maximum absolute atomic E-state index is 13.1. The van der Waals surface area contributed by atoms with Gasteiger partial charge in [0.15, 0.2) is 0 Å². The second-order valence-corrected chi connectivity index (χ2v) is 7.01. The molecular formula is C16H21FN2OS. The van der Waals surface area contributed by atoms with Gasteiger partial charge in [-0.3, -0.25) is 10.1 Å². The molecule has 0 bridgehead atoms. The maximum atomic E-state index is 13.1. The van der Waals surface area contributed by atoms with Crippen LogP contribution in [0.25, 0.3) is 0 Å². The molecule has 5 heteroatoms. The Kier molecular flexibility index (Phi) is 3.97. The van der Waals surface area contributed by atoms with Gasteiger partial charge in [-0.1, -0.05) is 12.1 Å². The number of benzene rings is 1. The third-order valence-electron chi connectivity index (χ3n) is 4.49.